The monoisotopic (exact) mass is 559 g/mol. The number of aromatic nitrogens is 3. The smallest absolute Gasteiger partial charge is 0.224 e. The highest BCUT2D eigenvalue weighted by molar-refractivity contribution is 7.91. The Kier molecular flexibility index (Phi) is 8.54. The van der Waals surface area contributed by atoms with Crippen LogP contribution in [0.5, 0.6) is 5.88 Å². The Morgan fingerprint density at radius 1 is 0.946 bits per heavy atom. The van der Waals surface area contributed by atoms with Crippen molar-refractivity contribution in [2.24, 2.45) is 0 Å². The van der Waals surface area contributed by atoms with Gasteiger partial charge in [-0.15, -0.1) is 0 Å². The van der Waals surface area contributed by atoms with Crippen molar-refractivity contribution in [1.29, 1.82) is 0 Å². The van der Waals surface area contributed by atoms with Gasteiger partial charge in [0.25, 0.3) is 0 Å². The first-order valence-corrected chi connectivity index (χ1v) is 13.8. The summed E-state index contributed by atoms with van der Waals surface area (Å²) in [5, 5.41) is 0.540. The number of sulfone groups is 1. The van der Waals surface area contributed by atoms with E-state index in [1.165, 1.54) is 25.3 Å². The largest absolute Gasteiger partial charge is 0.481 e. The Balaban J connectivity index is 1.81. The van der Waals surface area contributed by atoms with E-state index < -0.39 is 9.84 Å². The van der Waals surface area contributed by atoms with Gasteiger partial charge in [-0.1, -0.05) is 73.4 Å². The van der Waals surface area contributed by atoms with Crippen molar-refractivity contribution in [2.75, 3.05) is 7.11 Å². The minimum Gasteiger partial charge on any atom is -0.481 e. The minimum absolute atomic E-state index is 0.00217. The van der Waals surface area contributed by atoms with Gasteiger partial charge in [-0.25, -0.2) is 18.4 Å². The highest BCUT2D eigenvalue weighted by atomic mass is 35.5. The molecule has 0 fully saturated rings. The lowest BCUT2D eigenvalue weighted by Crippen LogP contribution is -2.16. The highest BCUT2D eigenvalue weighted by Crippen LogP contribution is 2.33. The minimum atomic E-state index is -4.05. The Bertz CT molecular complexity index is 1450. The van der Waals surface area contributed by atoms with Crippen molar-refractivity contribution in [2.45, 2.75) is 49.4 Å². The molecule has 10 heteroatoms. The lowest BCUT2D eigenvalue weighted by Gasteiger charge is -2.15. The zero-order valence-corrected chi connectivity index (χ0v) is 23.0. The number of halogens is 2. The summed E-state index contributed by atoms with van der Waals surface area (Å²) in [4.78, 5) is 9.02. The maximum atomic E-state index is 14.0. The van der Waals surface area contributed by atoms with Crippen molar-refractivity contribution < 1.29 is 17.9 Å². The quantitative estimate of drug-likeness (QED) is 0.226. The fraction of sp³-hybridized carbons (Fsp3) is 0.259. The summed E-state index contributed by atoms with van der Waals surface area (Å²) in [6.45, 7) is 4.49. The predicted molar refractivity (Wildman–Crippen MR) is 143 cm³/mol. The molecule has 0 saturated heterocycles. The molecule has 0 aliphatic carbocycles. The van der Waals surface area contributed by atoms with Gasteiger partial charge in [0.15, 0.2) is 5.03 Å². The third kappa shape index (κ3) is 6.33. The molecular weight excluding hydrogens is 533 g/mol. The first kappa shape index (κ1) is 27.1. The zero-order valence-electron chi connectivity index (χ0n) is 20.7. The lowest BCUT2D eigenvalue weighted by molar-refractivity contribution is 0.0991. The molecule has 2 heterocycles. The van der Waals surface area contributed by atoms with E-state index in [9.17, 15) is 8.42 Å². The van der Waals surface area contributed by atoms with Gasteiger partial charge in [0, 0.05) is 22.3 Å². The second-order valence-electron chi connectivity index (χ2n) is 8.76. The number of pyridine rings is 1. The summed E-state index contributed by atoms with van der Waals surface area (Å²) in [5.41, 5.74) is 2.22. The molecule has 194 valence electrons. The Morgan fingerprint density at radius 2 is 1.65 bits per heavy atom. The molecule has 7 nitrogen and oxygen atoms in total. The third-order valence-corrected chi connectivity index (χ3v) is 7.89. The number of methoxy groups -OCH3 is 1. The summed E-state index contributed by atoms with van der Waals surface area (Å²) in [6.07, 6.45) is 1.65. The fourth-order valence-corrected chi connectivity index (χ4v) is 6.33. The van der Waals surface area contributed by atoms with Crippen LogP contribution in [0.2, 0.25) is 10.0 Å². The number of nitrogens with zero attached hydrogens (tertiary/aromatic N) is 3. The molecule has 2 aromatic carbocycles. The molecule has 0 amide bonds. The van der Waals surface area contributed by atoms with E-state index in [4.69, 9.17) is 37.7 Å². The van der Waals surface area contributed by atoms with E-state index in [1.807, 2.05) is 50.2 Å². The molecule has 0 radical (unpaired) electrons. The van der Waals surface area contributed by atoms with Gasteiger partial charge in [-0.05, 0) is 35.2 Å². The first-order valence-electron chi connectivity index (χ1n) is 11.6. The van der Waals surface area contributed by atoms with Crippen LogP contribution < -0.4 is 4.74 Å². The highest BCUT2D eigenvalue weighted by Gasteiger charge is 2.31. The summed E-state index contributed by atoms with van der Waals surface area (Å²) in [6, 6.07) is 17.6. The molecule has 0 aliphatic heterocycles. The van der Waals surface area contributed by atoms with Gasteiger partial charge in [0.1, 0.15) is 12.4 Å². The zero-order chi connectivity index (χ0) is 26.6. The topological polar surface area (TPSA) is 83.3 Å². The van der Waals surface area contributed by atoms with E-state index in [0.29, 0.717) is 24.0 Å². The molecule has 37 heavy (non-hydrogen) atoms. The molecule has 0 spiro atoms. The van der Waals surface area contributed by atoms with Gasteiger partial charge < -0.3 is 14.0 Å². The van der Waals surface area contributed by atoms with Crippen LogP contribution in [0.3, 0.4) is 0 Å². The fourth-order valence-electron chi connectivity index (χ4n) is 3.87. The van der Waals surface area contributed by atoms with Crippen molar-refractivity contribution in [3.63, 3.8) is 0 Å². The predicted octanol–water partition coefficient (Wildman–Crippen LogP) is 6.31. The van der Waals surface area contributed by atoms with Gasteiger partial charge in [0.2, 0.25) is 15.7 Å². The molecule has 0 atom stereocenters. The number of hydrogen-bond donors (Lipinski definition) is 0. The average Bonchev–Trinajstić information content (AvgIpc) is 3.23. The number of rotatable bonds is 10. The van der Waals surface area contributed by atoms with Crippen LogP contribution in [-0.2, 0) is 34.3 Å². The average molecular weight is 561 g/mol. The molecule has 4 rings (SSSR count). The SMILES string of the molecule is COc1ccc(Cn2c(COCc3ccccc3)nc(C(C)C)c2S(=O)(=O)c2cc(Cl)cc(Cl)c2)cn1. The van der Waals surface area contributed by atoms with E-state index in [-0.39, 0.29) is 39.0 Å². The number of benzene rings is 2. The number of hydrogen-bond acceptors (Lipinski definition) is 6. The summed E-state index contributed by atoms with van der Waals surface area (Å²) >= 11 is 12.3. The molecule has 0 aliphatic rings. The van der Waals surface area contributed by atoms with E-state index >= 15 is 0 Å². The summed E-state index contributed by atoms with van der Waals surface area (Å²) in [7, 11) is -2.51. The van der Waals surface area contributed by atoms with Crippen LogP contribution in [0, 0.1) is 0 Å². The number of ether oxygens (including phenoxy) is 2. The van der Waals surface area contributed by atoms with Crippen LogP contribution in [0.15, 0.2) is 76.8 Å². The van der Waals surface area contributed by atoms with Crippen LogP contribution in [0.25, 0.3) is 0 Å². The molecule has 0 saturated carbocycles. The Morgan fingerprint density at radius 3 is 2.24 bits per heavy atom. The summed E-state index contributed by atoms with van der Waals surface area (Å²) < 4.78 is 40.9. The molecule has 0 N–H and O–H groups in total. The standard InChI is InChI=1S/C27H27Cl2N3O4S/c1-18(2)26-27(37(33,34)23-12-21(28)11-22(29)13-23)32(15-20-9-10-25(35-3)30-14-20)24(31-26)17-36-16-19-7-5-4-6-8-19/h4-14,18H,15-17H2,1-3H3. The molecule has 2 aromatic heterocycles. The Labute approximate surface area is 226 Å². The van der Waals surface area contributed by atoms with Crippen LogP contribution in [-0.4, -0.2) is 30.1 Å². The number of imidazole rings is 1. The van der Waals surface area contributed by atoms with E-state index in [2.05, 4.69) is 4.98 Å². The molecular formula is C27H27Cl2N3O4S. The van der Waals surface area contributed by atoms with E-state index in [0.717, 1.165) is 11.1 Å². The van der Waals surface area contributed by atoms with Crippen LogP contribution >= 0.6 is 23.2 Å². The first-order chi connectivity index (χ1) is 17.7. The molecule has 0 bridgehead atoms. The van der Waals surface area contributed by atoms with E-state index in [1.54, 1.807) is 16.8 Å². The maximum absolute atomic E-state index is 14.0. The molecule has 4 aromatic rings. The van der Waals surface area contributed by atoms with Crippen LogP contribution in [0.1, 0.15) is 42.4 Å². The molecule has 0 unspecified atom stereocenters. The second-order valence-corrected chi connectivity index (χ2v) is 11.5. The van der Waals surface area contributed by atoms with Gasteiger partial charge in [-0.2, -0.15) is 0 Å². The van der Waals surface area contributed by atoms with Gasteiger partial charge >= 0.3 is 0 Å². The van der Waals surface area contributed by atoms with Crippen molar-refractivity contribution >= 4 is 33.0 Å². The van der Waals surface area contributed by atoms with Crippen molar-refractivity contribution in [1.82, 2.24) is 14.5 Å². The lowest BCUT2D eigenvalue weighted by atomic mass is 10.1. The Hall–Kier alpha value is -2.91. The van der Waals surface area contributed by atoms with Gasteiger partial charge in [0.05, 0.1) is 30.9 Å². The van der Waals surface area contributed by atoms with Crippen LogP contribution in [0.4, 0.5) is 0 Å². The second kappa shape index (κ2) is 11.6. The van der Waals surface area contributed by atoms with Crippen molar-refractivity contribution in [3.05, 3.63) is 99.6 Å². The van der Waals surface area contributed by atoms with Gasteiger partial charge in [-0.3, -0.25) is 0 Å². The maximum Gasteiger partial charge on any atom is 0.224 e. The van der Waals surface area contributed by atoms with Crippen molar-refractivity contribution in [3.8, 4) is 5.88 Å². The third-order valence-electron chi connectivity index (χ3n) is 5.66. The normalized spacial score (nSPS) is 11.7. The summed E-state index contributed by atoms with van der Waals surface area (Å²) in [5.74, 6) is 0.773.